The maximum absolute atomic E-state index is 12.8. The molecule has 2 unspecified atom stereocenters. The zero-order valence-corrected chi connectivity index (χ0v) is 17.8. The number of aromatic amines is 1. The van der Waals surface area contributed by atoms with Crippen LogP contribution in [0, 0.1) is 11.8 Å². The Morgan fingerprint density at radius 1 is 1.30 bits per heavy atom. The van der Waals surface area contributed by atoms with Crippen molar-refractivity contribution in [2.75, 3.05) is 6.54 Å². The number of nitrogens with one attached hydrogen (secondary N) is 1. The van der Waals surface area contributed by atoms with E-state index in [1.54, 1.807) is 6.20 Å². The second-order valence-corrected chi connectivity index (χ2v) is 9.44. The Bertz CT molecular complexity index is 670. The van der Waals surface area contributed by atoms with Gasteiger partial charge in [-0.25, -0.2) is 4.98 Å². The van der Waals surface area contributed by atoms with Gasteiger partial charge >= 0.3 is 7.12 Å². The number of nitrogens with zero attached hydrogens (tertiary/aromatic N) is 2. The third-order valence-electron chi connectivity index (χ3n) is 6.63. The SMILES string of the molecule is CC(C)C(C)C(=O)N1CCCC1Cc1ncc(B2OC(C)(C)C(C)(C)O2)[nH]1. The van der Waals surface area contributed by atoms with Crippen molar-refractivity contribution in [3.8, 4) is 0 Å². The van der Waals surface area contributed by atoms with Gasteiger partial charge in [0.05, 0.1) is 16.8 Å². The van der Waals surface area contributed by atoms with Crippen molar-refractivity contribution in [1.82, 2.24) is 14.9 Å². The van der Waals surface area contributed by atoms with Gasteiger partial charge in [-0.1, -0.05) is 20.8 Å². The number of hydrogen-bond donors (Lipinski definition) is 1. The minimum Gasteiger partial charge on any atom is -0.398 e. The molecular formula is C20H34BN3O3. The Morgan fingerprint density at radius 3 is 2.52 bits per heavy atom. The largest absolute Gasteiger partial charge is 0.513 e. The fraction of sp³-hybridized carbons (Fsp3) is 0.800. The molecule has 1 aromatic heterocycles. The van der Waals surface area contributed by atoms with Gasteiger partial charge in [-0.05, 0) is 46.5 Å². The highest BCUT2D eigenvalue weighted by Gasteiger charge is 2.52. The Balaban J connectivity index is 1.67. The van der Waals surface area contributed by atoms with Crippen molar-refractivity contribution < 1.29 is 14.1 Å². The van der Waals surface area contributed by atoms with E-state index >= 15 is 0 Å². The normalized spacial score (nSPS) is 25.4. The molecule has 0 radical (unpaired) electrons. The highest BCUT2D eigenvalue weighted by molar-refractivity contribution is 6.61. The first kappa shape index (κ1) is 20.4. The molecular weight excluding hydrogens is 341 g/mol. The van der Waals surface area contributed by atoms with Crippen molar-refractivity contribution >= 4 is 18.6 Å². The van der Waals surface area contributed by atoms with E-state index in [1.165, 1.54) is 0 Å². The molecule has 1 amide bonds. The summed E-state index contributed by atoms with van der Waals surface area (Å²) in [5.41, 5.74) is 0.102. The number of imidazole rings is 1. The van der Waals surface area contributed by atoms with Crippen LogP contribution in [-0.2, 0) is 20.5 Å². The minimum absolute atomic E-state index is 0.0579. The van der Waals surface area contributed by atoms with Crippen LogP contribution >= 0.6 is 0 Å². The fourth-order valence-corrected chi connectivity index (χ4v) is 3.68. The van der Waals surface area contributed by atoms with Gasteiger partial charge < -0.3 is 19.2 Å². The average molecular weight is 375 g/mol. The highest BCUT2D eigenvalue weighted by atomic mass is 16.7. The van der Waals surface area contributed by atoms with Crippen LogP contribution in [0.25, 0.3) is 0 Å². The number of carbonyl (C=O) groups excluding carboxylic acids is 1. The Morgan fingerprint density at radius 2 is 1.93 bits per heavy atom. The number of carbonyl (C=O) groups is 1. The number of aromatic nitrogens is 2. The summed E-state index contributed by atoms with van der Waals surface area (Å²) in [5, 5.41) is 0. The molecule has 150 valence electrons. The summed E-state index contributed by atoms with van der Waals surface area (Å²) in [6.45, 7) is 15.3. The third kappa shape index (κ3) is 3.95. The van der Waals surface area contributed by atoms with E-state index in [4.69, 9.17) is 9.31 Å². The van der Waals surface area contributed by atoms with Gasteiger partial charge in [-0.3, -0.25) is 4.79 Å². The van der Waals surface area contributed by atoms with E-state index in [0.717, 1.165) is 37.2 Å². The number of hydrogen-bond acceptors (Lipinski definition) is 4. The predicted octanol–water partition coefficient (Wildman–Crippen LogP) is 2.53. The molecule has 6 nitrogen and oxygen atoms in total. The van der Waals surface area contributed by atoms with Crippen molar-refractivity contribution in [2.24, 2.45) is 11.8 Å². The van der Waals surface area contributed by atoms with Crippen LogP contribution in [0.4, 0.5) is 0 Å². The molecule has 0 saturated carbocycles. The predicted molar refractivity (Wildman–Crippen MR) is 107 cm³/mol. The molecule has 7 heteroatoms. The summed E-state index contributed by atoms with van der Waals surface area (Å²) < 4.78 is 12.2. The number of rotatable bonds is 5. The van der Waals surface area contributed by atoms with Crippen molar-refractivity contribution in [3.63, 3.8) is 0 Å². The molecule has 0 aromatic carbocycles. The topological polar surface area (TPSA) is 67.5 Å². The molecule has 3 rings (SSSR count). The van der Waals surface area contributed by atoms with E-state index in [1.807, 2.05) is 34.6 Å². The Kier molecular flexibility index (Phi) is 5.47. The zero-order chi connectivity index (χ0) is 20.0. The minimum atomic E-state index is -0.432. The molecule has 2 saturated heterocycles. The molecule has 2 aliphatic heterocycles. The Hall–Kier alpha value is -1.34. The molecule has 0 aliphatic carbocycles. The van der Waals surface area contributed by atoms with Crippen molar-refractivity contribution in [2.45, 2.75) is 85.0 Å². The van der Waals surface area contributed by atoms with Crippen LogP contribution < -0.4 is 5.59 Å². The van der Waals surface area contributed by atoms with Gasteiger partial charge in [0.2, 0.25) is 5.91 Å². The lowest BCUT2D eigenvalue weighted by molar-refractivity contribution is -0.137. The second-order valence-electron chi connectivity index (χ2n) is 9.44. The monoisotopic (exact) mass is 375 g/mol. The van der Waals surface area contributed by atoms with Gasteiger partial charge in [-0.15, -0.1) is 0 Å². The van der Waals surface area contributed by atoms with E-state index in [-0.39, 0.29) is 29.1 Å². The lowest BCUT2D eigenvalue weighted by atomic mass is 9.86. The third-order valence-corrected chi connectivity index (χ3v) is 6.63. The molecule has 0 spiro atoms. The second kappa shape index (κ2) is 7.24. The quantitative estimate of drug-likeness (QED) is 0.804. The van der Waals surface area contributed by atoms with Gasteiger partial charge in [-0.2, -0.15) is 0 Å². The molecule has 27 heavy (non-hydrogen) atoms. The zero-order valence-electron chi connectivity index (χ0n) is 17.8. The fourth-order valence-electron chi connectivity index (χ4n) is 3.68. The molecule has 2 aliphatic rings. The summed E-state index contributed by atoms with van der Waals surface area (Å²) in [5.74, 6) is 1.58. The van der Waals surface area contributed by atoms with Gasteiger partial charge in [0.1, 0.15) is 5.82 Å². The molecule has 1 N–H and O–H groups in total. The average Bonchev–Trinajstić information content (AvgIpc) is 3.26. The summed E-state index contributed by atoms with van der Waals surface area (Å²) in [4.78, 5) is 22.8. The first-order valence-corrected chi connectivity index (χ1v) is 10.2. The van der Waals surface area contributed by atoms with E-state index in [0.29, 0.717) is 5.92 Å². The maximum atomic E-state index is 12.8. The Labute approximate surface area is 163 Å². The van der Waals surface area contributed by atoms with Crippen LogP contribution in [0.3, 0.4) is 0 Å². The van der Waals surface area contributed by atoms with Crippen LogP contribution in [0.2, 0.25) is 0 Å². The van der Waals surface area contributed by atoms with Gasteiger partial charge in [0, 0.05) is 31.1 Å². The molecule has 2 atom stereocenters. The molecule has 1 aromatic rings. The van der Waals surface area contributed by atoms with E-state index < -0.39 is 7.12 Å². The van der Waals surface area contributed by atoms with E-state index in [2.05, 4.69) is 28.7 Å². The standard InChI is InChI=1S/C20H34BN3O3/c1-13(2)14(3)18(25)24-10-8-9-15(24)11-17-22-12-16(23-17)21-26-19(4,5)20(6,7)27-21/h12-15H,8-11H2,1-7H3,(H,22,23). The highest BCUT2D eigenvalue weighted by Crippen LogP contribution is 2.36. The number of amides is 1. The van der Waals surface area contributed by atoms with Gasteiger partial charge in [0.15, 0.2) is 0 Å². The summed E-state index contributed by atoms with van der Waals surface area (Å²) >= 11 is 0. The van der Waals surface area contributed by atoms with Crippen molar-refractivity contribution in [1.29, 1.82) is 0 Å². The summed E-state index contributed by atoms with van der Waals surface area (Å²) in [7, 11) is -0.432. The van der Waals surface area contributed by atoms with Crippen molar-refractivity contribution in [3.05, 3.63) is 12.0 Å². The maximum Gasteiger partial charge on any atom is 0.513 e. The summed E-state index contributed by atoms with van der Waals surface area (Å²) in [6, 6.07) is 0.219. The van der Waals surface area contributed by atoms with Crippen LogP contribution in [-0.4, -0.2) is 51.7 Å². The van der Waals surface area contributed by atoms with Crippen LogP contribution in [0.15, 0.2) is 6.20 Å². The number of likely N-dealkylation sites (tertiary alicyclic amines) is 1. The van der Waals surface area contributed by atoms with Crippen LogP contribution in [0.5, 0.6) is 0 Å². The molecule has 0 bridgehead atoms. The first-order chi connectivity index (χ1) is 12.5. The summed E-state index contributed by atoms with van der Waals surface area (Å²) in [6.07, 6.45) is 4.64. The van der Waals surface area contributed by atoms with E-state index in [9.17, 15) is 4.79 Å². The number of H-pyrrole nitrogens is 1. The lowest BCUT2D eigenvalue weighted by Crippen LogP contribution is -2.41. The lowest BCUT2D eigenvalue weighted by Gasteiger charge is -2.32. The first-order valence-electron chi connectivity index (χ1n) is 10.2. The van der Waals surface area contributed by atoms with Crippen LogP contribution in [0.1, 0.15) is 67.1 Å². The van der Waals surface area contributed by atoms with Gasteiger partial charge in [0.25, 0.3) is 0 Å². The smallest absolute Gasteiger partial charge is 0.398 e. The molecule has 3 heterocycles. The molecule has 2 fully saturated rings.